The Bertz CT molecular complexity index is 931. The Balaban J connectivity index is 0.00000208. The van der Waals surface area contributed by atoms with Crippen LogP contribution in [0.15, 0.2) is 47.5 Å². The number of benzene rings is 1. The number of nitrogens with one attached hydrogen (secondary N) is 1. The van der Waals surface area contributed by atoms with Crippen LogP contribution in [0.25, 0.3) is 21.8 Å². The lowest BCUT2D eigenvalue weighted by Crippen LogP contribution is -2.03. The van der Waals surface area contributed by atoms with Gasteiger partial charge in [0.1, 0.15) is 0 Å². The second-order valence-corrected chi connectivity index (χ2v) is 5.70. The number of halogens is 1. The fourth-order valence-corrected chi connectivity index (χ4v) is 2.82. The number of hydrogen-bond acceptors (Lipinski definition) is 2. The predicted molar refractivity (Wildman–Crippen MR) is 101 cm³/mol. The third kappa shape index (κ3) is 3.66. The van der Waals surface area contributed by atoms with E-state index in [2.05, 4.69) is 23.0 Å². The molecule has 0 saturated heterocycles. The molecule has 4 nitrogen and oxygen atoms in total. The number of aromatic amines is 1. The molecule has 0 spiro atoms. The summed E-state index contributed by atoms with van der Waals surface area (Å²) in [4.78, 5) is 19.5. The van der Waals surface area contributed by atoms with Gasteiger partial charge in [-0.15, -0.1) is 12.4 Å². The number of carbonyl (C=O) groups is 1. The molecule has 0 saturated carbocycles. The molecule has 24 heavy (non-hydrogen) atoms. The number of nitrogens with two attached hydrogens (primary N) is 1. The van der Waals surface area contributed by atoms with E-state index in [1.807, 2.05) is 36.4 Å². The van der Waals surface area contributed by atoms with Crippen molar-refractivity contribution in [3.63, 3.8) is 0 Å². The molecule has 5 heteroatoms. The van der Waals surface area contributed by atoms with E-state index in [9.17, 15) is 4.79 Å². The zero-order valence-electron chi connectivity index (χ0n) is 13.7. The summed E-state index contributed by atoms with van der Waals surface area (Å²) in [5, 5.41) is 2.93. The molecule has 126 valence electrons. The van der Waals surface area contributed by atoms with Crippen molar-refractivity contribution < 1.29 is 4.79 Å². The van der Waals surface area contributed by atoms with Gasteiger partial charge in [0.25, 0.3) is 0 Å². The van der Waals surface area contributed by atoms with Crippen LogP contribution in [-0.4, -0.2) is 10.9 Å². The second-order valence-electron chi connectivity index (χ2n) is 5.70. The molecule has 3 N–H and O–H groups in total. The lowest BCUT2D eigenvalue weighted by Gasteiger charge is -1.97. The highest BCUT2D eigenvalue weighted by molar-refractivity contribution is 6.07. The van der Waals surface area contributed by atoms with Crippen molar-refractivity contribution in [3.05, 3.63) is 53.4 Å². The fraction of sp³-hybridized carbons (Fsp3) is 0.263. The maximum absolute atomic E-state index is 11.9. The lowest BCUT2D eigenvalue weighted by molar-refractivity contribution is -0.118. The maximum atomic E-state index is 11.9. The third-order valence-electron chi connectivity index (χ3n) is 4.03. The average Bonchev–Trinajstić information content (AvgIpc) is 2.78. The summed E-state index contributed by atoms with van der Waals surface area (Å²) in [5.41, 5.74) is 8.92. The van der Waals surface area contributed by atoms with Crippen LogP contribution in [0.1, 0.15) is 31.7 Å². The van der Waals surface area contributed by atoms with Crippen LogP contribution in [0, 0.1) is 0 Å². The Morgan fingerprint density at radius 3 is 2.67 bits per heavy atom. The molecule has 3 rings (SSSR count). The Morgan fingerprint density at radius 1 is 1.17 bits per heavy atom. The van der Waals surface area contributed by atoms with Crippen LogP contribution in [0.4, 0.5) is 0 Å². The third-order valence-corrected chi connectivity index (χ3v) is 4.03. The predicted octanol–water partition coefficient (Wildman–Crippen LogP) is 3.82. The first-order valence-corrected chi connectivity index (χ1v) is 8.04. The first-order valence-electron chi connectivity index (χ1n) is 8.04. The van der Waals surface area contributed by atoms with E-state index in [-0.39, 0.29) is 18.3 Å². The standard InChI is InChI=1S/C19H21N3O.ClH/c1-2-3-10-18(23)21-14-7-5-8-15-16-9-4-6-13(12-20)19(16)22-17(15)11-14;/h4-9,11,22H,2-3,10,12,20H2,1H3;1H. The maximum Gasteiger partial charge on any atom is 0.246 e. The van der Waals surface area contributed by atoms with Crippen molar-refractivity contribution in [2.75, 3.05) is 0 Å². The van der Waals surface area contributed by atoms with Gasteiger partial charge in [-0.05, 0) is 24.1 Å². The molecule has 3 aromatic rings. The van der Waals surface area contributed by atoms with Crippen molar-refractivity contribution in [2.45, 2.75) is 32.7 Å². The number of amides is 1. The number of nitrogens with zero attached hydrogens (tertiary/aromatic N) is 1. The molecule has 1 amide bonds. The van der Waals surface area contributed by atoms with Crippen LogP contribution < -0.4 is 11.1 Å². The molecule has 0 aliphatic rings. The Kier molecular flexibility index (Phi) is 6.12. The molecule has 0 atom stereocenters. The van der Waals surface area contributed by atoms with Gasteiger partial charge in [0.15, 0.2) is 0 Å². The average molecular weight is 344 g/mol. The Hall–Kier alpha value is -2.17. The smallest absolute Gasteiger partial charge is 0.246 e. The number of aromatic nitrogens is 1. The van der Waals surface area contributed by atoms with Gasteiger partial charge in [0.05, 0.1) is 10.9 Å². The minimum absolute atomic E-state index is 0. The van der Waals surface area contributed by atoms with Gasteiger partial charge < -0.3 is 10.7 Å². The summed E-state index contributed by atoms with van der Waals surface area (Å²) >= 11 is 0. The van der Waals surface area contributed by atoms with Gasteiger partial charge >= 0.3 is 0 Å². The fourth-order valence-electron chi connectivity index (χ4n) is 2.82. The van der Waals surface area contributed by atoms with Gasteiger partial charge in [-0.2, -0.15) is 0 Å². The van der Waals surface area contributed by atoms with Crippen LogP contribution >= 0.6 is 12.4 Å². The van der Waals surface area contributed by atoms with Crippen LogP contribution in [0.3, 0.4) is 0 Å². The van der Waals surface area contributed by atoms with E-state index in [0.717, 1.165) is 40.2 Å². The first-order chi connectivity index (χ1) is 11.2. The number of H-pyrrole nitrogens is 1. The van der Waals surface area contributed by atoms with Gasteiger partial charge in [-0.25, -0.2) is 4.99 Å². The van der Waals surface area contributed by atoms with Gasteiger partial charge in [0.2, 0.25) is 5.91 Å². The van der Waals surface area contributed by atoms with Crippen LogP contribution in [-0.2, 0) is 11.3 Å². The van der Waals surface area contributed by atoms with Crippen LogP contribution in [0.2, 0.25) is 0 Å². The van der Waals surface area contributed by atoms with Crippen LogP contribution in [0.5, 0.6) is 0 Å². The first kappa shape index (κ1) is 18.2. The number of carbonyl (C=O) groups excluding carboxylic acids is 1. The highest BCUT2D eigenvalue weighted by Crippen LogP contribution is 2.26. The lowest BCUT2D eigenvalue weighted by atomic mass is 10.1. The van der Waals surface area contributed by atoms with Crippen molar-refractivity contribution in [1.82, 2.24) is 4.98 Å². The minimum atomic E-state index is -0.0649. The summed E-state index contributed by atoms with van der Waals surface area (Å²) in [6.07, 6.45) is 2.38. The van der Waals surface area contributed by atoms with Crippen molar-refractivity contribution in [1.29, 1.82) is 0 Å². The van der Waals surface area contributed by atoms with E-state index in [4.69, 9.17) is 5.73 Å². The topological polar surface area (TPSA) is 71.2 Å². The van der Waals surface area contributed by atoms with E-state index in [1.54, 1.807) is 0 Å². The van der Waals surface area contributed by atoms with E-state index in [1.165, 1.54) is 0 Å². The molecule has 1 heterocycles. The van der Waals surface area contributed by atoms with Gasteiger partial charge in [-0.1, -0.05) is 43.7 Å². The molecule has 0 bridgehead atoms. The highest BCUT2D eigenvalue weighted by Gasteiger charge is 2.06. The summed E-state index contributed by atoms with van der Waals surface area (Å²) in [5.74, 6) is -0.0649. The summed E-state index contributed by atoms with van der Waals surface area (Å²) in [6.45, 7) is 2.56. The summed E-state index contributed by atoms with van der Waals surface area (Å²) in [7, 11) is 0. The van der Waals surface area contributed by atoms with E-state index >= 15 is 0 Å². The molecule has 0 fully saturated rings. The summed E-state index contributed by atoms with van der Waals surface area (Å²) < 4.78 is 0. The normalized spacial score (nSPS) is 11.7. The molecule has 0 unspecified atom stereocenters. The largest absolute Gasteiger partial charge is 0.354 e. The Labute approximate surface area is 147 Å². The molecular weight excluding hydrogens is 322 g/mol. The molecule has 0 radical (unpaired) electrons. The zero-order chi connectivity index (χ0) is 16.2. The molecular formula is C19H22ClN3O. The van der Waals surface area contributed by atoms with Gasteiger partial charge in [-0.3, -0.25) is 4.79 Å². The highest BCUT2D eigenvalue weighted by atomic mass is 35.5. The number of fused-ring (bicyclic) bond motifs is 3. The molecule has 0 aliphatic carbocycles. The minimum Gasteiger partial charge on any atom is -0.354 e. The van der Waals surface area contributed by atoms with Crippen molar-refractivity contribution in [3.8, 4) is 0 Å². The summed E-state index contributed by atoms with van der Waals surface area (Å²) in [6, 6.07) is 13.9. The monoisotopic (exact) mass is 343 g/mol. The van der Waals surface area contributed by atoms with Crippen molar-refractivity contribution in [2.24, 2.45) is 10.7 Å². The number of unbranched alkanes of at least 4 members (excludes halogenated alkanes) is 1. The molecule has 1 aromatic heterocycles. The SMILES string of the molecule is CCCCC(=O)N=c1cccc2c(c1)[nH]c1c(CN)cccc12.Cl. The number of para-hydroxylation sites is 1. The zero-order valence-corrected chi connectivity index (χ0v) is 14.5. The van der Waals surface area contributed by atoms with E-state index < -0.39 is 0 Å². The molecule has 0 aliphatic heterocycles. The number of rotatable bonds is 4. The second kappa shape index (κ2) is 8.08. The quantitative estimate of drug-likeness (QED) is 0.756. The van der Waals surface area contributed by atoms with Crippen molar-refractivity contribution >= 4 is 40.1 Å². The van der Waals surface area contributed by atoms with E-state index in [0.29, 0.717) is 18.3 Å². The Morgan fingerprint density at radius 2 is 1.92 bits per heavy atom. The number of hydrogen-bond donors (Lipinski definition) is 2. The van der Waals surface area contributed by atoms with Gasteiger partial charge in [0, 0.05) is 29.3 Å². The molecule has 2 aromatic carbocycles.